The topological polar surface area (TPSA) is 79.4 Å². The Morgan fingerprint density at radius 3 is 2.21 bits per heavy atom. The minimum atomic E-state index is -0.918. The van der Waals surface area contributed by atoms with E-state index in [4.69, 9.17) is 9.47 Å². The molecule has 1 unspecified atom stereocenters. The van der Waals surface area contributed by atoms with Gasteiger partial charge in [0.1, 0.15) is 17.5 Å². The molecule has 0 radical (unpaired) electrons. The van der Waals surface area contributed by atoms with Crippen LogP contribution in [0.2, 0.25) is 0 Å². The molecule has 2 aliphatic rings. The largest absolute Gasteiger partial charge is 0.497 e. The zero-order valence-electron chi connectivity index (χ0n) is 19.9. The van der Waals surface area contributed by atoms with Gasteiger partial charge in [-0.15, -0.1) is 0 Å². The average Bonchev–Trinajstić information content (AvgIpc) is 3.26. The molecule has 1 spiro atoms. The van der Waals surface area contributed by atoms with Gasteiger partial charge in [-0.2, -0.15) is 0 Å². The number of methoxy groups -OCH3 is 1. The number of carbonyl (C=O) groups is 3. The molecular formula is C26H31N3O5. The van der Waals surface area contributed by atoms with Crippen molar-refractivity contribution in [3.05, 3.63) is 65.7 Å². The van der Waals surface area contributed by atoms with E-state index in [1.807, 2.05) is 25.1 Å². The monoisotopic (exact) mass is 465 g/mol. The third-order valence-electron chi connectivity index (χ3n) is 6.80. The summed E-state index contributed by atoms with van der Waals surface area (Å²) in [6.07, 6.45) is 0.875. The van der Waals surface area contributed by atoms with Crippen molar-refractivity contribution in [1.29, 1.82) is 0 Å². The highest BCUT2D eigenvalue weighted by atomic mass is 16.5. The Labute approximate surface area is 200 Å². The molecule has 0 aliphatic carbocycles. The van der Waals surface area contributed by atoms with Crippen LogP contribution in [0.4, 0.5) is 0 Å². The van der Waals surface area contributed by atoms with Crippen molar-refractivity contribution >= 4 is 17.7 Å². The van der Waals surface area contributed by atoms with Crippen LogP contribution in [0.1, 0.15) is 40.5 Å². The first kappa shape index (κ1) is 23.8. The van der Waals surface area contributed by atoms with E-state index in [0.29, 0.717) is 49.4 Å². The fourth-order valence-corrected chi connectivity index (χ4v) is 4.66. The highest BCUT2D eigenvalue weighted by Crippen LogP contribution is 2.39. The molecular weight excluding hydrogens is 434 g/mol. The van der Waals surface area contributed by atoms with Crippen molar-refractivity contribution < 1.29 is 23.9 Å². The molecule has 2 aromatic carbocycles. The molecule has 2 fully saturated rings. The standard InChI is InChI=1S/C26H31N3O5/c1-4-27(2)25(32)22-18-34-26(29(22)24(31)19-8-6-5-7-9-19)14-16-28(17-15-26)23(30)20-10-12-21(33-3)13-11-20/h5-13,22H,4,14-18H2,1-3H3. The van der Waals surface area contributed by atoms with Gasteiger partial charge in [0.05, 0.1) is 13.7 Å². The first-order valence-corrected chi connectivity index (χ1v) is 11.6. The van der Waals surface area contributed by atoms with Crippen molar-refractivity contribution in [2.45, 2.75) is 31.5 Å². The fraction of sp³-hybridized carbons (Fsp3) is 0.423. The summed E-state index contributed by atoms with van der Waals surface area (Å²) < 4.78 is 11.4. The zero-order chi connectivity index (χ0) is 24.3. The number of piperidine rings is 1. The van der Waals surface area contributed by atoms with Gasteiger partial charge >= 0.3 is 0 Å². The molecule has 0 bridgehead atoms. The Bertz CT molecular complexity index is 1030. The SMILES string of the molecule is CCN(C)C(=O)C1COC2(CCN(C(=O)c3ccc(OC)cc3)CC2)N1C(=O)c1ccccc1. The Kier molecular flexibility index (Phi) is 6.88. The summed E-state index contributed by atoms with van der Waals surface area (Å²) in [6, 6.07) is 15.3. The average molecular weight is 466 g/mol. The van der Waals surface area contributed by atoms with Crippen LogP contribution >= 0.6 is 0 Å². The molecule has 4 rings (SSSR count). The molecule has 2 saturated heterocycles. The maximum atomic E-state index is 13.6. The zero-order valence-corrected chi connectivity index (χ0v) is 19.9. The van der Waals surface area contributed by atoms with Crippen molar-refractivity contribution in [2.24, 2.45) is 0 Å². The first-order valence-electron chi connectivity index (χ1n) is 11.6. The van der Waals surface area contributed by atoms with E-state index < -0.39 is 11.8 Å². The Hall–Kier alpha value is -3.39. The molecule has 3 amide bonds. The van der Waals surface area contributed by atoms with E-state index in [1.165, 1.54) is 0 Å². The van der Waals surface area contributed by atoms with Crippen LogP contribution in [0.25, 0.3) is 0 Å². The molecule has 0 saturated carbocycles. The molecule has 0 aromatic heterocycles. The number of likely N-dealkylation sites (N-methyl/N-ethyl adjacent to an activating group) is 1. The summed E-state index contributed by atoms with van der Waals surface area (Å²) in [5.41, 5.74) is 0.179. The number of hydrogen-bond acceptors (Lipinski definition) is 5. The second-order valence-electron chi connectivity index (χ2n) is 8.69. The number of benzene rings is 2. The van der Waals surface area contributed by atoms with Crippen LogP contribution in [-0.2, 0) is 9.53 Å². The Morgan fingerprint density at radius 1 is 1.00 bits per heavy atom. The molecule has 2 aliphatic heterocycles. The van der Waals surface area contributed by atoms with Crippen molar-refractivity contribution in [2.75, 3.05) is 40.4 Å². The lowest BCUT2D eigenvalue weighted by Crippen LogP contribution is -2.59. The van der Waals surface area contributed by atoms with Crippen molar-refractivity contribution in [3.63, 3.8) is 0 Å². The van der Waals surface area contributed by atoms with Gasteiger partial charge in [0.2, 0.25) is 5.91 Å². The van der Waals surface area contributed by atoms with E-state index >= 15 is 0 Å². The van der Waals surface area contributed by atoms with Gasteiger partial charge in [-0.05, 0) is 43.3 Å². The lowest BCUT2D eigenvalue weighted by atomic mass is 9.96. The van der Waals surface area contributed by atoms with Gasteiger partial charge in [-0.25, -0.2) is 0 Å². The summed E-state index contributed by atoms with van der Waals surface area (Å²) in [6.45, 7) is 3.44. The quantitative estimate of drug-likeness (QED) is 0.678. The molecule has 2 heterocycles. The summed E-state index contributed by atoms with van der Waals surface area (Å²) in [7, 11) is 3.32. The van der Waals surface area contributed by atoms with E-state index in [2.05, 4.69) is 0 Å². The number of ether oxygens (including phenoxy) is 2. The maximum absolute atomic E-state index is 13.6. The normalized spacial score (nSPS) is 19.2. The summed E-state index contributed by atoms with van der Waals surface area (Å²) in [4.78, 5) is 44.8. The van der Waals surface area contributed by atoms with Crippen LogP contribution in [0.5, 0.6) is 5.75 Å². The molecule has 180 valence electrons. The first-order chi connectivity index (χ1) is 16.4. The smallest absolute Gasteiger partial charge is 0.256 e. The van der Waals surface area contributed by atoms with Gasteiger partial charge in [-0.1, -0.05) is 18.2 Å². The number of amides is 3. The predicted molar refractivity (Wildman–Crippen MR) is 127 cm³/mol. The third-order valence-corrected chi connectivity index (χ3v) is 6.80. The number of hydrogen-bond donors (Lipinski definition) is 0. The summed E-state index contributed by atoms with van der Waals surface area (Å²) in [5, 5.41) is 0. The molecule has 2 aromatic rings. The van der Waals surface area contributed by atoms with E-state index in [-0.39, 0.29) is 24.3 Å². The number of carbonyl (C=O) groups excluding carboxylic acids is 3. The minimum absolute atomic E-state index is 0.0743. The van der Waals surface area contributed by atoms with E-state index in [1.54, 1.807) is 65.3 Å². The van der Waals surface area contributed by atoms with Crippen molar-refractivity contribution in [1.82, 2.24) is 14.7 Å². The number of nitrogens with zero attached hydrogens (tertiary/aromatic N) is 3. The summed E-state index contributed by atoms with van der Waals surface area (Å²) in [5.74, 6) is 0.252. The van der Waals surface area contributed by atoms with E-state index in [9.17, 15) is 14.4 Å². The van der Waals surface area contributed by atoms with Crippen LogP contribution in [-0.4, -0.2) is 84.6 Å². The van der Waals surface area contributed by atoms with Crippen LogP contribution in [0, 0.1) is 0 Å². The van der Waals surface area contributed by atoms with Gasteiger partial charge in [0, 0.05) is 50.7 Å². The molecule has 8 heteroatoms. The summed E-state index contributed by atoms with van der Waals surface area (Å²) >= 11 is 0. The Morgan fingerprint density at radius 2 is 1.62 bits per heavy atom. The van der Waals surface area contributed by atoms with Crippen molar-refractivity contribution in [3.8, 4) is 5.75 Å². The molecule has 8 nitrogen and oxygen atoms in total. The van der Waals surface area contributed by atoms with Gasteiger partial charge in [-0.3, -0.25) is 19.3 Å². The molecule has 0 N–H and O–H groups in total. The van der Waals surface area contributed by atoms with Gasteiger partial charge in [0.25, 0.3) is 11.8 Å². The Balaban J connectivity index is 1.56. The van der Waals surface area contributed by atoms with Crippen LogP contribution < -0.4 is 4.74 Å². The minimum Gasteiger partial charge on any atom is -0.497 e. The van der Waals surface area contributed by atoms with Gasteiger partial charge < -0.3 is 19.3 Å². The second kappa shape index (κ2) is 9.85. The predicted octanol–water partition coefficient (Wildman–Crippen LogP) is 2.65. The van der Waals surface area contributed by atoms with Gasteiger partial charge in [0.15, 0.2) is 0 Å². The van der Waals surface area contributed by atoms with E-state index in [0.717, 1.165) is 0 Å². The highest BCUT2D eigenvalue weighted by molar-refractivity contribution is 5.98. The highest BCUT2D eigenvalue weighted by Gasteiger charge is 2.54. The lowest BCUT2D eigenvalue weighted by Gasteiger charge is -2.44. The second-order valence-corrected chi connectivity index (χ2v) is 8.69. The molecule has 1 atom stereocenters. The van der Waals surface area contributed by atoms with Crippen LogP contribution in [0.15, 0.2) is 54.6 Å². The lowest BCUT2D eigenvalue weighted by molar-refractivity contribution is -0.136. The number of likely N-dealkylation sites (tertiary alicyclic amines) is 1. The maximum Gasteiger partial charge on any atom is 0.256 e. The fourth-order valence-electron chi connectivity index (χ4n) is 4.66. The molecule has 34 heavy (non-hydrogen) atoms. The third kappa shape index (κ3) is 4.37. The van der Waals surface area contributed by atoms with Crippen LogP contribution in [0.3, 0.4) is 0 Å². The number of rotatable bonds is 5.